The lowest BCUT2D eigenvalue weighted by Crippen LogP contribution is -2.12. The Morgan fingerprint density at radius 3 is 2.55 bits per heavy atom. The van der Waals surface area contributed by atoms with E-state index >= 15 is 0 Å². The van der Waals surface area contributed by atoms with Crippen LogP contribution in [0.15, 0.2) is 69.9 Å². The highest BCUT2D eigenvalue weighted by Gasteiger charge is 2.20. The number of aromatic hydroxyl groups is 1. The summed E-state index contributed by atoms with van der Waals surface area (Å²) >= 11 is 5.85. The van der Waals surface area contributed by atoms with Crippen molar-refractivity contribution in [2.24, 2.45) is 0 Å². The largest absolute Gasteiger partial charge is 0.502 e. The van der Waals surface area contributed by atoms with Crippen molar-refractivity contribution in [2.75, 3.05) is 12.1 Å². The summed E-state index contributed by atoms with van der Waals surface area (Å²) in [5.41, 5.74) is 0.921. The molecule has 154 valence electrons. The number of hydrogen-bond donors (Lipinski definition) is 2. The lowest BCUT2D eigenvalue weighted by atomic mass is 10.1. The standard InChI is InChI=1S/C23H14ClNO6/c24-14-4-1-12(2-5-14)23(28)25-15-6-8-17-16(10-15)20(26)21(27)22(31-17)13-3-7-18-19(9-13)30-11-29-18/h1-10,27H,11H2,(H,25,28). The number of ether oxygens (including phenoxy) is 2. The van der Waals surface area contributed by atoms with Gasteiger partial charge in [-0.2, -0.15) is 0 Å². The van der Waals surface area contributed by atoms with Crippen molar-refractivity contribution in [3.05, 3.63) is 81.5 Å². The molecule has 5 rings (SSSR count). The van der Waals surface area contributed by atoms with E-state index in [2.05, 4.69) is 5.32 Å². The maximum absolute atomic E-state index is 12.8. The van der Waals surface area contributed by atoms with Gasteiger partial charge in [0.25, 0.3) is 5.91 Å². The Morgan fingerprint density at radius 1 is 0.968 bits per heavy atom. The van der Waals surface area contributed by atoms with Crippen molar-refractivity contribution in [3.8, 4) is 28.6 Å². The van der Waals surface area contributed by atoms with Crippen molar-refractivity contribution in [3.63, 3.8) is 0 Å². The van der Waals surface area contributed by atoms with E-state index in [-0.39, 0.29) is 29.4 Å². The minimum Gasteiger partial charge on any atom is -0.502 e. The molecule has 0 fully saturated rings. The van der Waals surface area contributed by atoms with Gasteiger partial charge < -0.3 is 24.3 Å². The van der Waals surface area contributed by atoms with Gasteiger partial charge in [-0.1, -0.05) is 11.6 Å². The summed E-state index contributed by atoms with van der Waals surface area (Å²) in [4.78, 5) is 25.2. The number of benzene rings is 3. The second-order valence-corrected chi connectivity index (χ2v) is 7.29. The second-order valence-electron chi connectivity index (χ2n) is 6.85. The van der Waals surface area contributed by atoms with E-state index in [9.17, 15) is 14.7 Å². The molecule has 2 N–H and O–H groups in total. The molecular formula is C23H14ClNO6. The second kappa shape index (κ2) is 7.37. The van der Waals surface area contributed by atoms with Gasteiger partial charge in [0, 0.05) is 21.8 Å². The van der Waals surface area contributed by atoms with Gasteiger partial charge in [-0.25, -0.2) is 0 Å². The van der Waals surface area contributed by atoms with Crippen molar-refractivity contribution >= 4 is 34.2 Å². The Hall–Kier alpha value is -3.97. The number of anilines is 1. The van der Waals surface area contributed by atoms with Crippen LogP contribution in [0.3, 0.4) is 0 Å². The molecule has 2 heterocycles. The van der Waals surface area contributed by atoms with E-state index in [0.29, 0.717) is 33.3 Å². The highest BCUT2D eigenvalue weighted by molar-refractivity contribution is 6.30. The first kappa shape index (κ1) is 19.0. The number of rotatable bonds is 3. The molecule has 0 spiro atoms. The Labute approximate surface area is 180 Å². The molecule has 31 heavy (non-hydrogen) atoms. The van der Waals surface area contributed by atoms with E-state index < -0.39 is 11.2 Å². The van der Waals surface area contributed by atoms with Crippen LogP contribution in [0.4, 0.5) is 5.69 Å². The molecule has 1 amide bonds. The van der Waals surface area contributed by atoms with Gasteiger partial charge in [0.15, 0.2) is 17.3 Å². The Bertz CT molecular complexity index is 1390. The predicted octanol–water partition coefficient (Wildman–Crippen LogP) is 4.80. The van der Waals surface area contributed by atoms with Crippen LogP contribution in [0.1, 0.15) is 10.4 Å². The molecule has 1 aromatic heterocycles. The number of hydrogen-bond acceptors (Lipinski definition) is 6. The van der Waals surface area contributed by atoms with Gasteiger partial charge in [0.05, 0.1) is 5.39 Å². The molecule has 0 saturated heterocycles. The maximum Gasteiger partial charge on any atom is 0.255 e. The van der Waals surface area contributed by atoms with E-state index in [4.69, 9.17) is 25.5 Å². The van der Waals surface area contributed by atoms with Crippen molar-refractivity contribution < 1.29 is 23.8 Å². The number of nitrogens with one attached hydrogen (secondary N) is 1. The Morgan fingerprint density at radius 2 is 1.74 bits per heavy atom. The first-order chi connectivity index (χ1) is 15.0. The van der Waals surface area contributed by atoms with Crippen molar-refractivity contribution in [1.29, 1.82) is 0 Å². The molecule has 1 aliphatic rings. The molecule has 0 radical (unpaired) electrons. The number of amides is 1. The fourth-order valence-corrected chi connectivity index (χ4v) is 3.43. The molecule has 3 aromatic carbocycles. The van der Waals surface area contributed by atoms with Crippen molar-refractivity contribution in [1.82, 2.24) is 0 Å². The average Bonchev–Trinajstić information content (AvgIpc) is 3.25. The van der Waals surface area contributed by atoms with Crippen LogP contribution in [0, 0.1) is 0 Å². The van der Waals surface area contributed by atoms with Gasteiger partial charge in [0.2, 0.25) is 18.0 Å². The van der Waals surface area contributed by atoms with E-state index in [1.54, 1.807) is 54.6 Å². The maximum atomic E-state index is 12.8. The molecular weight excluding hydrogens is 422 g/mol. The van der Waals surface area contributed by atoms with Crippen LogP contribution in [-0.4, -0.2) is 17.8 Å². The smallest absolute Gasteiger partial charge is 0.255 e. The quantitative estimate of drug-likeness (QED) is 0.479. The third-order valence-electron chi connectivity index (χ3n) is 4.87. The number of carbonyl (C=O) groups is 1. The first-order valence-corrected chi connectivity index (χ1v) is 9.64. The molecule has 0 saturated carbocycles. The van der Waals surface area contributed by atoms with Crippen LogP contribution < -0.4 is 20.2 Å². The lowest BCUT2D eigenvalue weighted by molar-refractivity contribution is 0.102. The number of carbonyl (C=O) groups excluding carboxylic acids is 1. The molecule has 7 nitrogen and oxygen atoms in total. The molecule has 0 aliphatic carbocycles. The predicted molar refractivity (Wildman–Crippen MR) is 115 cm³/mol. The molecule has 8 heteroatoms. The molecule has 4 aromatic rings. The first-order valence-electron chi connectivity index (χ1n) is 9.26. The van der Waals surface area contributed by atoms with E-state index in [1.807, 2.05) is 0 Å². The summed E-state index contributed by atoms with van der Waals surface area (Å²) in [6, 6.07) is 16.0. The van der Waals surface area contributed by atoms with Gasteiger partial charge in [0.1, 0.15) is 5.58 Å². The fraction of sp³-hybridized carbons (Fsp3) is 0.0435. The third kappa shape index (κ3) is 3.45. The normalized spacial score (nSPS) is 12.2. The monoisotopic (exact) mass is 435 g/mol. The van der Waals surface area contributed by atoms with Crippen LogP contribution in [0.25, 0.3) is 22.3 Å². The SMILES string of the molecule is O=C(Nc1ccc2oc(-c3ccc4c(c3)OCO4)c(O)c(=O)c2c1)c1ccc(Cl)cc1. The molecule has 0 bridgehead atoms. The Kier molecular flexibility index (Phi) is 4.52. The van der Waals surface area contributed by atoms with Gasteiger partial charge in [-0.3, -0.25) is 9.59 Å². The topological polar surface area (TPSA) is 98.0 Å². The summed E-state index contributed by atoms with van der Waals surface area (Å²) < 4.78 is 16.4. The van der Waals surface area contributed by atoms with Crippen LogP contribution in [0.2, 0.25) is 5.02 Å². The number of halogens is 1. The van der Waals surface area contributed by atoms with E-state index in [1.165, 1.54) is 6.07 Å². The zero-order valence-corrected chi connectivity index (χ0v) is 16.6. The average molecular weight is 436 g/mol. The molecule has 1 aliphatic heterocycles. The summed E-state index contributed by atoms with van der Waals surface area (Å²) in [7, 11) is 0. The summed E-state index contributed by atoms with van der Waals surface area (Å²) in [5.74, 6) is 0.204. The van der Waals surface area contributed by atoms with Gasteiger partial charge >= 0.3 is 0 Å². The number of fused-ring (bicyclic) bond motifs is 2. The van der Waals surface area contributed by atoms with Crippen LogP contribution in [0.5, 0.6) is 17.2 Å². The summed E-state index contributed by atoms with van der Waals surface area (Å²) in [5, 5.41) is 13.9. The minimum atomic E-state index is -0.614. The highest BCUT2D eigenvalue weighted by Crippen LogP contribution is 2.38. The summed E-state index contributed by atoms with van der Waals surface area (Å²) in [6.07, 6.45) is 0. The van der Waals surface area contributed by atoms with Crippen molar-refractivity contribution in [2.45, 2.75) is 0 Å². The lowest BCUT2D eigenvalue weighted by Gasteiger charge is -2.09. The van der Waals surface area contributed by atoms with Crippen LogP contribution in [-0.2, 0) is 0 Å². The van der Waals surface area contributed by atoms with Gasteiger partial charge in [-0.05, 0) is 60.7 Å². The molecule has 0 atom stereocenters. The minimum absolute atomic E-state index is 0.0220. The zero-order chi connectivity index (χ0) is 21.5. The fourth-order valence-electron chi connectivity index (χ4n) is 3.30. The summed E-state index contributed by atoms with van der Waals surface area (Å²) in [6.45, 7) is 0.108. The Balaban J connectivity index is 1.51. The highest BCUT2D eigenvalue weighted by atomic mass is 35.5. The zero-order valence-electron chi connectivity index (χ0n) is 15.8. The van der Waals surface area contributed by atoms with Crippen LogP contribution >= 0.6 is 11.6 Å². The third-order valence-corrected chi connectivity index (χ3v) is 5.12. The van der Waals surface area contributed by atoms with Gasteiger partial charge in [-0.15, -0.1) is 0 Å². The van der Waals surface area contributed by atoms with E-state index in [0.717, 1.165) is 0 Å². The molecule has 0 unspecified atom stereocenters.